The van der Waals surface area contributed by atoms with Crippen LogP contribution < -0.4 is 5.32 Å². The molecule has 4 heteroatoms. The third kappa shape index (κ3) is 4.16. The summed E-state index contributed by atoms with van der Waals surface area (Å²) >= 11 is 0. The molecule has 0 bridgehead atoms. The molecule has 0 aliphatic heterocycles. The summed E-state index contributed by atoms with van der Waals surface area (Å²) in [5.41, 5.74) is 1.05. The minimum absolute atomic E-state index is 0. The van der Waals surface area contributed by atoms with Crippen LogP contribution in [0.5, 0.6) is 0 Å². The van der Waals surface area contributed by atoms with E-state index in [9.17, 15) is 0 Å². The molecule has 0 saturated carbocycles. The zero-order valence-corrected chi connectivity index (χ0v) is 7.55. The van der Waals surface area contributed by atoms with Crippen molar-refractivity contribution in [2.45, 2.75) is 6.42 Å². The highest BCUT2D eigenvalue weighted by molar-refractivity contribution is 5.85. The molecule has 2 N–H and O–H groups in total. The minimum Gasteiger partial charge on any atom is -0.396 e. The molecule has 0 atom stereocenters. The zero-order valence-electron chi connectivity index (χ0n) is 6.73. The molecule has 1 aromatic heterocycles. The number of aromatic nitrogens is 1. The summed E-state index contributed by atoms with van der Waals surface area (Å²) in [6.45, 7) is 1.04. The molecule has 1 heterocycles. The number of hydrogen-bond acceptors (Lipinski definition) is 3. The van der Waals surface area contributed by atoms with Gasteiger partial charge in [-0.2, -0.15) is 0 Å². The van der Waals surface area contributed by atoms with Gasteiger partial charge in [0.2, 0.25) is 0 Å². The molecular formula is C8H13ClN2O. The van der Waals surface area contributed by atoms with E-state index in [-0.39, 0.29) is 19.0 Å². The Bertz CT molecular complexity index is 194. The van der Waals surface area contributed by atoms with E-state index in [0.29, 0.717) is 0 Å². The highest BCUT2D eigenvalue weighted by Crippen LogP contribution is 2.01. The summed E-state index contributed by atoms with van der Waals surface area (Å²) in [4.78, 5) is 3.88. The number of nitrogens with zero attached hydrogens (tertiary/aromatic N) is 1. The Morgan fingerprint density at radius 1 is 1.33 bits per heavy atom. The van der Waals surface area contributed by atoms with Crippen LogP contribution in [0.2, 0.25) is 0 Å². The van der Waals surface area contributed by atoms with Gasteiger partial charge >= 0.3 is 0 Å². The van der Waals surface area contributed by atoms with Crippen LogP contribution >= 0.6 is 12.4 Å². The van der Waals surface area contributed by atoms with Gasteiger partial charge in [0.05, 0.1) is 0 Å². The molecule has 0 amide bonds. The average Bonchev–Trinajstić information content (AvgIpc) is 2.07. The number of pyridine rings is 1. The van der Waals surface area contributed by atoms with Crippen molar-refractivity contribution < 1.29 is 5.11 Å². The van der Waals surface area contributed by atoms with Crippen LogP contribution in [-0.2, 0) is 0 Å². The third-order valence-corrected chi connectivity index (χ3v) is 1.34. The molecule has 0 unspecified atom stereocenters. The first kappa shape index (κ1) is 11.2. The Labute approximate surface area is 78.2 Å². The Hall–Kier alpha value is -0.800. The molecule has 68 valence electrons. The molecule has 0 spiro atoms. The van der Waals surface area contributed by atoms with Gasteiger partial charge < -0.3 is 10.4 Å². The van der Waals surface area contributed by atoms with Crippen molar-refractivity contribution in [2.24, 2.45) is 0 Å². The van der Waals surface area contributed by atoms with Gasteiger partial charge in [-0.05, 0) is 18.6 Å². The van der Waals surface area contributed by atoms with Crippen LogP contribution in [0, 0.1) is 0 Å². The lowest BCUT2D eigenvalue weighted by Gasteiger charge is -2.02. The second-order valence-corrected chi connectivity index (χ2v) is 2.24. The predicted molar refractivity (Wildman–Crippen MR) is 51.7 cm³/mol. The second kappa shape index (κ2) is 6.88. The normalized spacial score (nSPS) is 8.75. The summed E-state index contributed by atoms with van der Waals surface area (Å²) < 4.78 is 0. The van der Waals surface area contributed by atoms with Crippen LogP contribution in [0.4, 0.5) is 5.69 Å². The maximum absolute atomic E-state index is 8.49. The highest BCUT2D eigenvalue weighted by Gasteiger charge is 1.87. The van der Waals surface area contributed by atoms with E-state index in [0.717, 1.165) is 18.7 Å². The van der Waals surface area contributed by atoms with Gasteiger partial charge in [0.25, 0.3) is 0 Å². The van der Waals surface area contributed by atoms with Crippen molar-refractivity contribution in [1.82, 2.24) is 4.98 Å². The zero-order chi connectivity index (χ0) is 7.94. The molecule has 1 rings (SSSR count). The Morgan fingerprint density at radius 3 is 2.58 bits per heavy atom. The first-order chi connectivity index (χ1) is 5.43. The summed E-state index contributed by atoms with van der Waals surface area (Å²) in [6, 6.07) is 3.80. The van der Waals surface area contributed by atoms with Gasteiger partial charge in [-0.15, -0.1) is 12.4 Å². The van der Waals surface area contributed by atoms with Gasteiger partial charge in [0.15, 0.2) is 0 Å². The fourth-order valence-electron chi connectivity index (χ4n) is 0.782. The number of aliphatic hydroxyl groups excluding tert-OH is 1. The van der Waals surface area contributed by atoms with Crippen LogP contribution in [0.25, 0.3) is 0 Å². The number of rotatable bonds is 4. The molecular weight excluding hydrogens is 176 g/mol. The molecule has 0 saturated heterocycles. The van der Waals surface area contributed by atoms with Gasteiger partial charge in [-0.1, -0.05) is 0 Å². The number of aliphatic hydroxyl groups is 1. The lowest BCUT2D eigenvalue weighted by Crippen LogP contribution is -2.02. The van der Waals surface area contributed by atoms with Crippen molar-refractivity contribution in [3.8, 4) is 0 Å². The predicted octanol–water partition coefficient (Wildman–Crippen LogP) is 1.30. The SMILES string of the molecule is Cl.OCCCNc1ccncc1. The minimum atomic E-state index is 0. The summed E-state index contributed by atoms with van der Waals surface area (Å²) in [6.07, 6.45) is 4.25. The lowest BCUT2D eigenvalue weighted by atomic mass is 10.4. The molecule has 0 aromatic carbocycles. The Kier molecular flexibility index (Phi) is 6.42. The molecule has 0 aliphatic rings. The first-order valence-electron chi connectivity index (χ1n) is 3.68. The molecule has 12 heavy (non-hydrogen) atoms. The van der Waals surface area contributed by atoms with Crippen LogP contribution in [0.1, 0.15) is 6.42 Å². The molecule has 0 aliphatic carbocycles. The summed E-state index contributed by atoms with van der Waals surface area (Å²) in [5.74, 6) is 0. The molecule has 3 nitrogen and oxygen atoms in total. The highest BCUT2D eigenvalue weighted by atomic mass is 35.5. The smallest absolute Gasteiger partial charge is 0.0447 e. The number of halogens is 1. The Morgan fingerprint density at radius 2 is 2.00 bits per heavy atom. The quantitative estimate of drug-likeness (QED) is 0.701. The van der Waals surface area contributed by atoms with Crippen LogP contribution in [-0.4, -0.2) is 23.2 Å². The number of nitrogens with one attached hydrogen (secondary N) is 1. The van der Waals surface area contributed by atoms with Gasteiger partial charge in [0.1, 0.15) is 0 Å². The van der Waals surface area contributed by atoms with Crippen molar-refractivity contribution in [3.63, 3.8) is 0 Å². The van der Waals surface area contributed by atoms with Crippen molar-refractivity contribution >= 4 is 18.1 Å². The van der Waals surface area contributed by atoms with Crippen LogP contribution in [0.15, 0.2) is 24.5 Å². The van der Waals surface area contributed by atoms with E-state index in [1.165, 1.54) is 0 Å². The first-order valence-corrected chi connectivity index (χ1v) is 3.68. The largest absolute Gasteiger partial charge is 0.396 e. The summed E-state index contributed by atoms with van der Waals surface area (Å²) in [7, 11) is 0. The van der Waals surface area contributed by atoms with Gasteiger partial charge in [0, 0.05) is 31.2 Å². The lowest BCUT2D eigenvalue weighted by molar-refractivity contribution is 0.292. The second-order valence-electron chi connectivity index (χ2n) is 2.24. The van der Waals surface area contributed by atoms with E-state index in [1.807, 2.05) is 12.1 Å². The molecule has 0 radical (unpaired) electrons. The maximum atomic E-state index is 8.49. The summed E-state index contributed by atoms with van der Waals surface area (Å²) in [5, 5.41) is 11.6. The van der Waals surface area contributed by atoms with E-state index in [4.69, 9.17) is 5.11 Å². The fourth-order valence-corrected chi connectivity index (χ4v) is 0.782. The van der Waals surface area contributed by atoms with Crippen molar-refractivity contribution in [3.05, 3.63) is 24.5 Å². The Balaban J connectivity index is 0.00000121. The van der Waals surface area contributed by atoms with E-state index < -0.39 is 0 Å². The van der Waals surface area contributed by atoms with E-state index in [2.05, 4.69) is 10.3 Å². The number of hydrogen-bond donors (Lipinski definition) is 2. The third-order valence-electron chi connectivity index (χ3n) is 1.34. The van der Waals surface area contributed by atoms with Crippen LogP contribution in [0.3, 0.4) is 0 Å². The molecule has 0 fully saturated rings. The topological polar surface area (TPSA) is 45.1 Å². The van der Waals surface area contributed by atoms with Crippen molar-refractivity contribution in [1.29, 1.82) is 0 Å². The molecule has 1 aromatic rings. The maximum Gasteiger partial charge on any atom is 0.0447 e. The monoisotopic (exact) mass is 188 g/mol. The van der Waals surface area contributed by atoms with Gasteiger partial charge in [-0.3, -0.25) is 4.98 Å². The standard InChI is InChI=1S/C8H12N2O.ClH/c11-7-1-4-10-8-2-5-9-6-3-8;/h2-3,5-6,11H,1,4,7H2,(H,9,10);1H. The van der Waals surface area contributed by atoms with Crippen molar-refractivity contribution in [2.75, 3.05) is 18.5 Å². The van der Waals surface area contributed by atoms with E-state index >= 15 is 0 Å². The fraction of sp³-hybridized carbons (Fsp3) is 0.375. The van der Waals surface area contributed by atoms with Gasteiger partial charge in [-0.25, -0.2) is 0 Å². The average molecular weight is 189 g/mol. The van der Waals surface area contributed by atoms with E-state index in [1.54, 1.807) is 12.4 Å². The number of anilines is 1.